The molecule has 0 aliphatic carbocycles. The molecule has 29 heavy (non-hydrogen) atoms. The Morgan fingerprint density at radius 1 is 1.45 bits per heavy atom. The van der Waals surface area contributed by atoms with Crippen LogP contribution >= 0.6 is 0 Å². The number of nitrogens with one attached hydrogen (secondary N) is 1. The number of allylic oxidation sites excluding steroid dienone is 5. The Kier molecular flexibility index (Phi) is 6.23. The van der Waals surface area contributed by atoms with Gasteiger partial charge in [0.25, 0.3) is 11.8 Å². The molecule has 1 N–H and O–H groups in total. The molecular formula is C21H22N4O4. The molecule has 0 fully saturated rings. The van der Waals surface area contributed by atoms with Crippen LogP contribution in [-0.4, -0.2) is 41.7 Å². The fourth-order valence-corrected chi connectivity index (χ4v) is 2.75. The molecule has 2 aromatic rings. The average molecular weight is 394 g/mol. The van der Waals surface area contributed by atoms with Crippen LogP contribution in [0, 0.1) is 0 Å². The molecular weight excluding hydrogens is 372 g/mol. The smallest absolute Gasteiger partial charge is 0.274 e. The Hall–Kier alpha value is -3.68. The van der Waals surface area contributed by atoms with Crippen molar-refractivity contribution in [1.82, 2.24) is 15.5 Å². The standard InChI is InChI=1S/C21H22N4O4/c1-4-5-6-8-14(2)11-15-12-16(24-29-15)20(26)23-17-13-28-18-9-7-10-22-19(18)25(3)21(17)27/h4-10,12,17H,2,11,13H2,1,3H3,(H,23,26)/b5-4-,8-6-/t17-/m0/s1. The quantitative estimate of drug-likeness (QED) is 0.756. The zero-order chi connectivity index (χ0) is 20.8. The van der Waals surface area contributed by atoms with Crippen LogP contribution in [0.4, 0.5) is 5.82 Å². The lowest BCUT2D eigenvalue weighted by Crippen LogP contribution is -2.49. The maximum Gasteiger partial charge on any atom is 0.274 e. The summed E-state index contributed by atoms with van der Waals surface area (Å²) in [5, 5.41) is 6.44. The lowest BCUT2D eigenvalue weighted by Gasteiger charge is -2.19. The largest absolute Gasteiger partial charge is 0.487 e. The van der Waals surface area contributed by atoms with E-state index >= 15 is 0 Å². The van der Waals surface area contributed by atoms with E-state index in [0.29, 0.717) is 23.7 Å². The second kappa shape index (κ2) is 9.01. The molecule has 150 valence electrons. The number of hydrogen-bond acceptors (Lipinski definition) is 6. The van der Waals surface area contributed by atoms with Crippen molar-refractivity contribution < 1.29 is 18.8 Å². The Labute approximate surface area is 168 Å². The van der Waals surface area contributed by atoms with E-state index < -0.39 is 11.9 Å². The number of aromatic nitrogens is 2. The van der Waals surface area contributed by atoms with E-state index in [0.717, 1.165) is 5.57 Å². The second-order valence-corrected chi connectivity index (χ2v) is 6.46. The predicted molar refractivity (Wildman–Crippen MR) is 108 cm³/mol. The number of amides is 2. The molecule has 2 amide bonds. The van der Waals surface area contributed by atoms with E-state index in [-0.39, 0.29) is 18.2 Å². The van der Waals surface area contributed by atoms with Gasteiger partial charge in [-0.05, 0) is 24.6 Å². The molecule has 1 aliphatic heterocycles. The maximum absolute atomic E-state index is 12.7. The van der Waals surface area contributed by atoms with Crippen molar-refractivity contribution in [3.63, 3.8) is 0 Å². The minimum Gasteiger partial charge on any atom is -0.487 e. The van der Waals surface area contributed by atoms with Crippen LogP contribution in [0.5, 0.6) is 5.75 Å². The van der Waals surface area contributed by atoms with Crippen molar-refractivity contribution in [2.75, 3.05) is 18.6 Å². The molecule has 0 saturated heterocycles. The Morgan fingerprint density at radius 3 is 3.07 bits per heavy atom. The van der Waals surface area contributed by atoms with Crippen LogP contribution in [0.1, 0.15) is 23.2 Å². The van der Waals surface area contributed by atoms with Gasteiger partial charge < -0.3 is 14.6 Å². The molecule has 0 unspecified atom stereocenters. The predicted octanol–water partition coefficient (Wildman–Crippen LogP) is 2.45. The first kappa shape index (κ1) is 20.1. The van der Waals surface area contributed by atoms with Crippen molar-refractivity contribution >= 4 is 17.6 Å². The van der Waals surface area contributed by atoms with Gasteiger partial charge in [0.05, 0.1) is 0 Å². The first-order chi connectivity index (χ1) is 14.0. The summed E-state index contributed by atoms with van der Waals surface area (Å²) in [7, 11) is 1.59. The van der Waals surface area contributed by atoms with Gasteiger partial charge in [0.15, 0.2) is 17.3 Å². The van der Waals surface area contributed by atoms with Gasteiger partial charge in [0, 0.05) is 25.7 Å². The summed E-state index contributed by atoms with van der Waals surface area (Å²) in [4.78, 5) is 30.7. The van der Waals surface area contributed by atoms with E-state index in [1.807, 2.05) is 31.2 Å². The molecule has 2 aromatic heterocycles. The van der Waals surface area contributed by atoms with Crippen LogP contribution in [0.15, 0.2) is 65.4 Å². The summed E-state index contributed by atoms with van der Waals surface area (Å²) in [6, 6.07) is 4.10. The third kappa shape index (κ3) is 4.78. The summed E-state index contributed by atoms with van der Waals surface area (Å²) in [5.41, 5.74) is 0.894. The van der Waals surface area contributed by atoms with Crippen LogP contribution in [-0.2, 0) is 11.2 Å². The molecule has 8 heteroatoms. The number of rotatable bonds is 6. The highest BCUT2D eigenvalue weighted by atomic mass is 16.5. The van der Waals surface area contributed by atoms with Crippen molar-refractivity contribution in [1.29, 1.82) is 0 Å². The summed E-state index contributed by atoms with van der Waals surface area (Å²) < 4.78 is 10.9. The molecule has 1 aliphatic rings. The van der Waals surface area contributed by atoms with Gasteiger partial charge in [-0.15, -0.1) is 0 Å². The fourth-order valence-electron chi connectivity index (χ4n) is 2.75. The number of hydrogen-bond donors (Lipinski definition) is 1. The third-order valence-electron chi connectivity index (χ3n) is 4.24. The van der Waals surface area contributed by atoms with Gasteiger partial charge in [0.2, 0.25) is 0 Å². The van der Waals surface area contributed by atoms with Crippen molar-refractivity contribution in [2.45, 2.75) is 19.4 Å². The number of nitrogens with zero attached hydrogens (tertiary/aromatic N) is 3. The maximum atomic E-state index is 12.7. The molecule has 0 spiro atoms. The normalized spacial score (nSPS) is 16.6. The van der Waals surface area contributed by atoms with Crippen molar-refractivity contribution in [3.8, 4) is 5.75 Å². The lowest BCUT2D eigenvalue weighted by molar-refractivity contribution is -0.120. The first-order valence-electron chi connectivity index (χ1n) is 9.08. The number of anilines is 1. The van der Waals surface area contributed by atoms with Gasteiger partial charge in [0.1, 0.15) is 18.4 Å². The zero-order valence-electron chi connectivity index (χ0n) is 16.3. The van der Waals surface area contributed by atoms with Crippen LogP contribution in [0.2, 0.25) is 0 Å². The van der Waals surface area contributed by atoms with Gasteiger partial charge in [-0.25, -0.2) is 4.98 Å². The Morgan fingerprint density at radius 2 is 2.28 bits per heavy atom. The molecule has 0 aromatic carbocycles. The highest BCUT2D eigenvalue weighted by Crippen LogP contribution is 2.27. The fraction of sp³-hybridized carbons (Fsp3) is 0.238. The topological polar surface area (TPSA) is 97.6 Å². The summed E-state index contributed by atoms with van der Waals surface area (Å²) in [6.07, 6.45) is 9.51. The van der Waals surface area contributed by atoms with Gasteiger partial charge in [-0.2, -0.15) is 0 Å². The number of pyridine rings is 1. The Balaban J connectivity index is 1.64. The Bertz CT molecular complexity index is 977. The number of carbonyl (C=O) groups is 2. The number of ether oxygens (including phenoxy) is 1. The minimum atomic E-state index is -0.874. The van der Waals surface area contributed by atoms with E-state index in [1.54, 1.807) is 25.4 Å². The van der Waals surface area contributed by atoms with E-state index in [9.17, 15) is 9.59 Å². The van der Waals surface area contributed by atoms with E-state index in [2.05, 4.69) is 22.0 Å². The number of likely N-dealkylation sites (N-methyl/N-ethyl adjacent to an activating group) is 1. The third-order valence-corrected chi connectivity index (χ3v) is 4.24. The first-order valence-corrected chi connectivity index (χ1v) is 9.08. The van der Waals surface area contributed by atoms with E-state index in [1.165, 1.54) is 11.0 Å². The van der Waals surface area contributed by atoms with Gasteiger partial charge >= 0.3 is 0 Å². The molecule has 8 nitrogen and oxygen atoms in total. The zero-order valence-corrected chi connectivity index (χ0v) is 16.3. The summed E-state index contributed by atoms with van der Waals surface area (Å²) in [6.45, 7) is 5.85. The average Bonchev–Trinajstić information content (AvgIpc) is 3.14. The lowest BCUT2D eigenvalue weighted by atomic mass is 10.1. The second-order valence-electron chi connectivity index (χ2n) is 6.46. The van der Waals surface area contributed by atoms with Crippen molar-refractivity contribution in [3.05, 3.63) is 72.3 Å². The molecule has 0 saturated carbocycles. The van der Waals surface area contributed by atoms with E-state index in [4.69, 9.17) is 9.26 Å². The monoisotopic (exact) mass is 394 g/mol. The van der Waals surface area contributed by atoms with Crippen molar-refractivity contribution in [2.24, 2.45) is 0 Å². The summed E-state index contributed by atoms with van der Waals surface area (Å²) in [5.74, 6) is 0.532. The van der Waals surface area contributed by atoms with Crippen LogP contribution < -0.4 is 15.0 Å². The minimum absolute atomic E-state index is 0.00907. The molecule has 3 heterocycles. The van der Waals surface area contributed by atoms with Gasteiger partial charge in [-0.3, -0.25) is 14.5 Å². The summed E-state index contributed by atoms with van der Waals surface area (Å²) >= 11 is 0. The number of carbonyl (C=O) groups excluding carboxylic acids is 2. The highest BCUT2D eigenvalue weighted by molar-refractivity contribution is 6.02. The molecule has 0 radical (unpaired) electrons. The van der Waals surface area contributed by atoms with Crippen LogP contribution in [0.3, 0.4) is 0 Å². The number of fused-ring (bicyclic) bond motifs is 1. The molecule has 0 bridgehead atoms. The van der Waals surface area contributed by atoms with Gasteiger partial charge in [-0.1, -0.05) is 36.0 Å². The SMILES string of the molecule is C=C(/C=C\C=C/C)Cc1cc(C(=O)N[C@H]2COc3cccnc3N(C)C2=O)no1. The highest BCUT2D eigenvalue weighted by Gasteiger charge is 2.32. The molecule has 1 atom stereocenters. The molecule has 3 rings (SSSR count). The van der Waals surface area contributed by atoms with Crippen LogP contribution in [0.25, 0.3) is 0 Å².